The van der Waals surface area contributed by atoms with E-state index in [4.69, 9.17) is 4.74 Å². The van der Waals surface area contributed by atoms with Crippen molar-refractivity contribution in [1.82, 2.24) is 9.88 Å². The Morgan fingerprint density at radius 1 is 1.26 bits per heavy atom. The molecule has 1 unspecified atom stereocenters. The number of aliphatic hydroxyl groups excluding tert-OH is 2. The maximum absolute atomic E-state index is 12.8. The average molecular weight is 462 g/mol. The third kappa shape index (κ3) is 6.63. The predicted molar refractivity (Wildman–Crippen MR) is 108 cm³/mol. The van der Waals surface area contributed by atoms with Gasteiger partial charge in [-0.05, 0) is 31.5 Å². The van der Waals surface area contributed by atoms with Crippen LogP contribution in [0.5, 0.6) is 5.75 Å². The number of esters is 1. The van der Waals surface area contributed by atoms with Gasteiger partial charge in [-0.15, -0.1) is 11.3 Å². The third-order valence-electron chi connectivity index (χ3n) is 4.80. The first-order valence-electron chi connectivity index (χ1n) is 9.35. The van der Waals surface area contributed by atoms with E-state index in [1.807, 2.05) is 13.8 Å². The molecule has 1 aromatic heterocycles. The Kier molecular flexibility index (Phi) is 8.41. The first-order chi connectivity index (χ1) is 14.5. The van der Waals surface area contributed by atoms with Gasteiger partial charge in [0.05, 0.1) is 19.4 Å². The van der Waals surface area contributed by atoms with Gasteiger partial charge in [-0.25, -0.2) is 9.78 Å². The van der Waals surface area contributed by atoms with Crippen molar-refractivity contribution in [3.05, 3.63) is 45.9 Å². The number of thiazole rings is 1. The molecule has 1 aromatic carbocycles. The second-order valence-electron chi connectivity index (χ2n) is 7.21. The quantitative estimate of drug-likeness (QED) is 0.525. The van der Waals surface area contributed by atoms with Gasteiger partial charge in [-0.2, -0.15) is 13.2 Å². The summed E-state index contributed by atoms with van der Waals surface area (Å²) in [7, 11) is 1.26. The Labute approximate surface area is 182 Å². The Morgan fingerprint density at radius 2 is 1.90 bits per heavy atom. The Hall–Kier alpha value is -2.21. The van der Waals surface area contributed by atoms with Crippen molar-refractivity contribution in [3.63, 3.8) is 0 Å². The lowest BCUT2D eigenvalue weighted by molar-refractivity contribution is -0.143. The molecule has 2 aromatic rings. The van der Waals surface area contributed by atoms with E-state index >= 15 is 0 Å². The predicted octanol–water partition coefficient (Wildman–Crippen LogP) is 2.98. The van der Waals surface area contributed by atoms with Crippen molar-refractivity contribution in [2.24, 2.45) is 0 Å². The molecule has 31 heavy (non-hydrogen) atoms. The molecule has 11 heteroatoms. The minimum Gasteiger partial charge on any atom is -0.482 e. The highest BCUT2D eigenvalue weighted by atomic mass is 32.1. The van der Waals surface area contributed by atoms with Crippen LogP contribution in [0.2, 0.25) is 0 Å². The molecule has 0 aliphatic heterocycles. The highest BCUT2D eigenvalue weighted by Crippen LogP contribution is 2.34. The normalized spacial score (nSPS) is 13.3. The molecule has 1 heterocycles. The number of halogens is 3. The molecule has 0 aliphatic rings. The van der Waals surface area contributed by atoms with Crippen LogP contribution < -0.4 is 4.74 Å². The van der Waals surface area contributed by atoms with Gasteiger partial charge in [0.2, 0.25) is 0 Å². The molecule has 1 atom stereocenters. The molecule has 172 valence electrons. The summed E-state index contributed by atoms with van der Waals surface area (Å²) in [6, 6.07) is 6.88. The molecule has 0 fully saturated rings. The number of rotatable bonds is 10. The second kappa shape index (κ2) is 10.4. The number of benzene rings is 1. The molecule has 2 N–H and O–H groups in total. The van der Waals surface area contributed by atoms with Crippen LogP contribution in [0.15, 0.2) is 29.6 Å². The first-order valence-corrected chi connectivity index (χ1v) is 10.2. The Morgan fingerprint density at radius 3 is 2.42 bits per heavy atom. The van der Waals surface area contributed by atoms with Crippen LogP contribution >= 0.6 is 11.3 Å². The number of ether oxygens (including phenoxy) is 2. The molecule has 0 aliphatic carbocycles. The number of carbonyl (C=O) groups is 1. The Balaban J connectivity index is 2.14. The fourth-order valence-electron chi connectivity index (χ4n) is 2.93. The zero-order valence-corrected chi connectivity index (χ0v) is 18.2. The van der Waals surface area contributed by atoms with E-state index in [1.54, 1.807) is 29.2 Å². The number of alkyl halides is 3. The van der Waals surface area contributed by atoms with E-state index in [2.05, 4.69) is 9.72 Å². The first kappa shape index (κ1) is 25.1. The largest absolute Gasteiger partial charge is 0.482 e. The smallest absolute Gasteiger partial charge is 0.443 e. The van der Waals surface area contributed by atoms with E-state index in [9.17, 15) is 28.2 Å². The van der Waals surface area contributed by atoms with E-state index in [0.717, 1.165) is 5.56 Å². The number of methoxy groups -OCH3 is 1. The van der Waals surface area contributed by atoms with Crippen LogP contribution in [-0.2, 0) is 21.2 Å². The number of aliphatic hydroxyl groups is 2. The summed E-state index contributed by atoms with van der Waals surface area (Å²) >= 11 is 0.428. The van der Waals surface area contributed by atoms with Crippen molar-refractivity contribution in [3.8, 4) is 5.75 Å². The zero-order chi connectivity index (χ0) is 23.2. The third-order valence-corrected chi connectivity index (χ3v) is 5.71. The van der Waals surface area contributed by atoms with E-state index in [1.165, 1.54) is 12.5 Å². The minimum atomic E-state index is -4.57. The van der Waals surface area contributed by atoms with E-state index in [-0.39, 0.29) is 32.0 Å². The van der Waals surface area contributed by atoms with Crippen LogP contribution in [0.4, 0.5) is 13.2 Å². The Bertz CT molecular complexity index is 855. The van der Waals surface area contributed by atoms with E-state index < -0.39 is 28.8 Å². The molecule has 0 bridgehead atoms. The maximum Gasteiger partial charge on any atom is 0.443 e. The molecule has 0 saturated heterocycles. The van der Waals surface area contributed by atoms with Crippen molar-refractivity contribution in [1.29, 1.82) is 0 Å². The van der Waals surface area contributed by atoms with Gasteiger partial charge in [0.1, 0.15) is 11.9 Å². The lowest BCUT2D eigenvalue weighted by Crippen LogP contribution is -2.45. The molecular formula is C20H25F3N2O5S. The number of carbonyl (C=O) groups excluding carboxylic acids is 1. The van der Waals surface area contributed by atoms with Gasteiger partial charge >= 0.3 is 12.1 Å². The fraction of sp³-hybridized carbons (Fsp3) is 0.500. The van der Waals surface area contributed by atoms with Gasteiger partial charge in [-0.1, -0.05) is 12.1 Å². The van der Waals surface area contributed by atoms with Gasteiger partial charge in [0, 0.05) is 24.0 Å². The molecule has 0 spiro atoms. The zero-order valence-electron chi connectivity index (χ0n) is 17.3. The van der Waals surface area contributed by atoms with Gasteiger partial charge in [-0.3, -0.25) is 4.90 Å². The van der Waals surface area contributed by atoms with Crippen LogP contribution in [0.1, 0.15) is 36.2 Å². The summed E-state index contributed by atoms with van der Waals surface area (Å²) in [6.45, 7) is 3.44. The van der Waals surface area contributed by atoms with Gasteiger partial charge in [0.15, 0.2) is 11.6 Å². The SMILES string of the molecule is COC(=O)COc1ccc(C(C)(C)N(CCO)CC(O)c2csc(C(F)(F)F)n2)cc1. The molecule has 0 radical (unpaired) electrons. The number of hydrogen-bond donors (Lipinski definition) is 2. The number of nitrogens with zero attached hydrogens (tertiary/aromatic N) is 2. The lowest BCUT2D eigenvalue weighted by Gasteiger charge is -2.39. The van der Waals surface area contributed by atoms with Crippen LogP contribution in [0.25, 0.3) is 0 Å². The highest BCUT2D eigenvalue weighted by molar-refractivity contribution is 7.09. The van der Waals surface area contributed by atoms with Crippen LogP contribution in [0, 0.1) is 0 Å². The monoisotopic (exact) mass is 462 g/mol. The molecule has 2 rings (SSSR count). The van der Waals surface area contributed by atoms with Crippen molar-refractivity contribution >= 4 is 17.3 Å². The molecule has 7 nitrogen and oxygen atoms in total. The number of hydrogen-bond acceptors (Lipinski definition) is 8. The summed E-state index contributed by atoms with van der Waals surface area (Å²) in [4.78, 5) is 16.4. The molecular weight excluding hydrogens is 437 g/mol. The fourth-order valence-corrected chi connectivity index (χ4v) is 3.67. The summed E-state index contributed by atoms with van der Waals surface area (Å²) in [5, 5.41) is 20.1. The standard InChI is InChI=1S/C20H25F3N2O5S/c1-19(2,13-4-6-14(7-5-13)30-11-17(28)29-3)25(8-9-26)10-16(27)15-12-31-18(24-15)20(21,22)23/h4-7,12,16,26-27H,8-11H2,1-3H3. The second-order valence-corrected chi connectivity index (χ2v) is 8.07. The summed E-state index contributed by atoms with van der Waals surface area (Å²) < 4.78 is 48.2. The summed E-state index contributed by atoms with van der Waals surface area (Å²) in [5.74, 6) is -0.0518. The van der Waals surface area contributed by atoms with Gasteiger partial charge < -0.3 is 19.7 Å². The maximum atomic E-state index is 12.8. The minimum absolute atomic E-state index is 0.0326. The highest BCUT2D eigenvalue weighted by Gasteiger charge is 2.36. The lowest BCUT2D eigenvalue weighted by atomic mass is 9.91. The molecule has 0 amide bonds. The van der Waals surface area contributed by atoms with Crippen molar-refractivity contribution in [2.45, 2.75) is 31.7 Å². The van der Waals surface area contributed by atoms with Gasteiger partial charge in [0.25, 0.3) is 0 Å². The van der Waals surface area contributed by atoms with E-state index in [0.29, 0.717) is 17.1 Å². The van der Waals surface area contributed by atoms with Crippen LogP contribution in [-0.4, -0.2) is 59.5 Å². The van der Waals surface area contributed by atoms with Crippen molar-refractivity contribution < 1.29 is 37.7 Å². The number of aromatic nitrogens is 1. The van der Waals surface area contributed by atoms with Crippen molar-refractivity contribution in [2.75, 3.05) is 33.4 Å². The average Bonchev–Trinajstić information content (AvgIpc) is 3.23. The topological polar surface area (TPSA) is 92.1 Å². The molecule has 0 saturated carbocycles. The summed E-state index contributed by atoms with van der Waals surface area (Å²) in [5.41, 5.74) is 0.0588. The summed E-state index contributed by atoms with van der Waals surface area (Å²) in [6.07, 6.45) is -5.83. The van der Waals surface area contributed by atoms with Crippen LogP contribution in [0.3, 0.4) is 0 Å².